The van der Waals surface area contributed by atoms with Gasteiger partial charge in [-0.3, -0.25) is 0 Å². The molecule has 0 saturated heterocycles. The number of hydrogen-bond acceptors (Lipinski definition) is 4. The van der Waals surface area contributed by atoms with E-state index in [0.717, 1.165) is 19.7 Å². The van der Waals surface area contributed by atoms with Crippen molar-refractivity contribution in [3.8, 4) is 0 Å². The second-order valence-corrected chi connectivity index (χ2v) is 7.71. The summed E-state index contributed by atoms with van der Waals surface area (Å²) in [5, 5.41) is 3.64. The Morgan fingerprint density at radius 1 is 1.24 bits per heavy atom. The third-order valence-corrected chi connectivity index (χ3v) is 5.71. The zero-order chi connectivity index (χ0) is 15.6. The van der Waals surface area contributed by atoms with E-state index in [1.165, 1.54) is 50.8 Å². The van der Waals surface area contributed by atoms with Crippen molar-refractivity contribution in [2.45, 2.75) is 51.5 Å². The van der Waals surface area contributed by atoms with E-state index in [0.29, 0.717) is 11.5 Å². The minimum absolute atomic E-state index is 0.464. The first-order valence-corrected chi connectivity index (χ1v) is 9.92. The zero-order valence-corrected chi connectivity index (χ0v) is 15.4. The van der Waals surface area contributed by atoms with E-state index in [-0.39, 0.29) is 0 Å². The van der Waals surface area contributed by atoms with E-state index in [2.05, 4.69) is 30.4 Å². The van der Waals surface area contributed by atoms with Crippen molar-refractivity contribution >= 4 is 11.8 Å². The van der Waals surface area contributed by atoms with Gasteiger partial charge in [-0.2, -0.15) is 11.8 Å². The minimum Gasteiger partial charge on any atom is -0.383 e. The molecule has 0 heterocycles. The van der Waals surface area contributed by atoms with Crippen molar-refractivity contribution < 1.29 is 4.74 Å². The molecule has 0 aliphatic heterocycles. The van der Waals surface area contributed by atoms with E-state index in [1.807, 2.05) is 11.8 Å². The highest BCUT2D eigenvalue weighted by Gasteiger charge is 2.32. The molecule has 1 saturated carbocycles. The van der Waals surface area contributed by atoms with E-state index < -0.39 is 0 Å². The summed E-state index contributed by atoms with van der Waals surface area (Å²) in [6.45, 7) is 6.53. The van der Waals surface area contributed by atoms with Crippen LogP contribution in [0.15, 0.2) is 0 Å². The lowest BCUT2D eigenvalue weighted by Crippen LogP contribution is -2.46. The van der Waals surface area contributed by atoms with Gasteiger partial charge in [-0.15, -0.1) is 0 Å². The molecule has 0 aromatic rings. The van der Waals surface area contributed by atoms with E-state index >= 15 is 0 Å². The van der Waals surface area contributed by atoms with Gasteiger partial charge in [0.25, 0.3) is 0 Å². The maximum absolute atomic E-state index is 5.16. The lowest BCUT2D eigenvalue weighted by Gasteiger charge is -2.39. The molecule has 0 aromatic heterocycles. The third-order valence-electron chi connectivity index (χ3n) is 4.89. The van der Waals surface area contributed by atoms with Crippen LogP contribution in [0.3, 0.4) is 0 Å². The Kier molecular flexibility index (Phi) is 9.98. The average molecular weight is 317 g/mol. The fourth-order valence-corrected chi connectivity index (χ4v) is 4.19. The number of rotatable bonds is 10. The van der Waals surface area contributed by atoms with Crippen LogP contribution in [0.4, 0.5) is 0 Å². The average Bonchev–Trinajstić information content (AvgIpc) is 2.70. The van der Waals surface area contributed by atoms with Gasteiger partial charge in [0.05, 0.1) is 6.61 Å². The minimum atomic E-state index is 0.464. The summed E-state index contributed by atoms with van der Waals surface area (Å²) in [6, 6.07) is 0.666. The highest BCUT2D eigenvalue weighted by molar-refractivity contribution is 7.98. The van der Waals surface area contributed by atoms with E-state index in [9.17, 15) is 0 Å². The van der Waals surface area contributed by atoms with Gasteiger partial charge in [-0.1, -0.05) is 25.7 Å². The predicted molar refractivity (Wildman–Crippen MR) is 95.4 cm³/mol. The predicted octanol–water partition coefficient (Wildman–Crippen LogP) is 3.25. The molecule has 1 fully saturated rings. The van der Waals surface area contributed by atoms with Gasteiger partial charge in [-0.25, -0.2) is 0 Å². The summed E-state index contributed by atoms with van der Waals surface area (Å²) < 4.78 is 5.16. The van der Waals surface area contributed by atoms with Crippen LogP contribution in [0.5, 0.6) is 0 Å². The normalized spacial score (nSPS) is 20.4. The highest BCUT2D eigenvalue weighted by Crippen LogP contribution is 2.35. The van der Waals surface area contributed by atoms with Crippen LogP contribution in [-0.2, 0) is 4.74 Å². The fraction of sp³-hybridized carbons (Fsp3) is 1.00. The quantitative estimate of drug-likeness (QED) is 0.494. The molecule has 4 heteroatoms. The summed E-state index contributed by atoms with van der Waals surface area (Å²) in [5.74, 6) is 1.23. The number of hydrogen-bond donors (Lipinski definition) is 1. The summed E-state index contributed by atoms with van der Waals surface area (Å²) in [6.07, 6.45) is 10.6. The SMILES string of the molecule is COCCNCC1(CN(C)C(C)CSC)CCCCCC1. The van der Waals surface area contributed by atoms with Crippen LogP contribution in [0.1, 0.15) is 45.4 Å². The molecule has 0 bridgehead atoms. The van der Waals surface area contributed by atoms with Gasteiger partial charge in [-0.05, 0) is 38.5 Å². The molecule has 1 N–H and O–H groups in total. The van der Waals surface area contributed by atoms with Crippen molar-refractivity contribution in [3.63, 3.8) is 0 Å². The Balaban J connectivity index is 2.57. The third kappa shape index (κ3) is 7.36. The van der Waals surface area contributed by atoms with Crippen LogP contribution in [0.25, 0.3) is 0 Å². The number of thioether (sulfide) groups is 1. The lowest BCUT2D eigenvalue weighted by atomic mass is 9.79. The first kappa shape index (κ1) is 19.3. The van der Waals surface area contributed by atoms with Gasteiger partial charge >= 0.3 is 0 Å². The van der Waals surface area contributed by atoms with Gasteiger partial charge in [0, 0.05) is 38.5 Å². The fourth-order valence-electron chi connectivity index (χ4n) is 3.45. The summed E-state index contributed by atoms with van der Waals surface area (Å²) in [5.41, 5.74) is 0.464. The van der Waals surface area contributed by atoms with Crippen LogP contribution >= 0.6 is 11.8 Å². The van der Waals surface area contributed by atoms with Crippen LogP contribution < -0.4 is 5.32 Å². The maximum atomic E-state index is 5.16. The molecule has 0 amide bonds. The van der Waals surface area contributed by atoms with Crippen LogP contribution in [0.2, 0.25) is 0 Å². The Hall–Kier alpha value is 0.230. The molecule has 1 unspecified atom stereocenters. The zero-order valence-electron chi connectivity index (χ0n) is 14.6. The van der Waals surface area contributed by atoms with Gasteiger partial charge in [0.1, 0.15) is 0 Å². The van der Waals surface area contributed by atoms with E-state index in [4.69, 9.17) is 4.74 Å². The Morgan fingerprint density at radius 2 is 1.90 bits per heavy atom. The molecular weight excluding hydrogens is 280 g/mol. The van der Waals surface area contributed by atoms with Crippen molar-refractivity contribution in [1.82, 2.24) is 10.2 Å². The second kappa shape index (κ2) is 10.9. The Morgan fingerprint density at radius 3 is 2.48 bits per heavy atom. The molecule has 0 spiro atoms. The standard InChI is InChI=1S/C17H36N2OS/c1-16(13-21-4)19(2)15-17(14-18-11-12-20-3)9-7-5-6-8-10-17/h16,18H,5-15H2,1-4H3. The van der Waals surface area contributed by atoms with Gasteiger partial charge in [0.2, 0.25) is 0 Å². The van der Waals surface area contributed by atoms with Gasteiger partial charge < -0.3 is 15.0 Å². The van der Waals surface area contributed by atoms with Crippen molar-refractivity contribution in [1.29, 1.82) is 0 Å². The number of methoxy groups -OCH3 is 1. The molecular formula is C17H36N2OS. The molecule has 0 aromatic carbocycles. The number of nitrogens with zero attached hydrogens (tertiary/aromatic N) is 1. The highest BCUT2D eigenvalue weighted by atomic mass is 32.2. The monoisotopic (exact) mass is 316 g/mol. The molecule has 3 nitrogen and oxygen atoms in total. The molecule has 21 heavy (non-hydrogen) atoms. The maximum Gasteiger partial charge on any atom is 0.0587 e. The molecule has 1 atom stereocenters. The molecule has 0 radical (unpaired) electrons. The molecule has 1 aliphatic carbocycles. The Labute approximate surface area is 136 Å². The lowest BCUT2D eigenvalue weighted by molar-refractivity contribution is 0.122. The number of nitrogens with one attached hydrogen (secondary N) is 1. The summed E-state index contributed by atoms with van der Waals surface area (Å²) >= 11 is 1.95. The van der Waals surface area contributed by atoms with E-state index in [1.54, 1.807) is 7.11 Å². The second-order valence-electron chi connectivity index (χ2n) is 6.80. The van der Waals surface area contributed by atoms with Crippen LogP contribution in [0, 0.1) is 5.41 Å². The summed E-state index contributed by atoms with van der Waals surface area (Å²) in [4.78, 5) is 2.58. The smallest absolute Gasteiger partial charge is 0.0587 e. The molecule has 1 rings (SSSR count). The van der Waals surface area contributed by atoms with Crippen molar-refractivity contribution in [2.75, 3.05) is 52.4 Å². The largest absolute Gasteiger partial charge is 0.383 e. The molecule has 126 valence electrons. The first-order valence-electron chi connectivity index (χ1n) is 8.52. The first-order chi connectivity index (χ1) is 10.1. The van der Waals surface area contributed by atoms with Gasteiger partial charge in [0.15, 0.2) is 0 Å². The molecule has 1 aliphatic rings. The Bertz CT molecular complexity index is 255. The van der Waals surface area contributed by atoms with Crippen molar-refractivity contribution in [3.05, 3.63) is 0 Å². The van der Waals surface area contributed by atoms with Crippen molar-refractivity contribution in [2.24, 2.45) is 5.41 Å². The van der Waals surface area contributed by atoms with Crippen LogP contribution in [-0.4, -0.2) is 63.3 Å². The summed E-state index contributed by atoms with van der Waals surface area (Å²) in [7, 11) is 4.09. The topological polar surface area (TPSA) is 24.5 Å². The number of ether oxygens (including phenoxy) is 1.